The first-order valence-corrected chi connectivity index (χ1v) is 9.25. The predicted octanol–water partition coefficient (Wildman–Crippen LogP) is 1.52. The normalized spacial score (nSPS) is 18.1. The number of hydrogen-bond donors (Lipinski definition) is 3. The molecule has 0 bridgehead atoms. The zero-order valence-corrected chi connectivity index (χ0v) is 16.3. The molecule has 1 saturated heterocycles. The van der Waals surface area contributed by atoms with Gasteiger partial charge in [-0.3, -0.25) is 15.0 Å². The van der Waals surface area contributed by atoms with Gasteiger partial charge in [0.15, 0.2) is 6.61 Å². The third-order valence-electron chi connectivity index (χ3n) is 4.67. The first-order valence-electron chi connectivity index (χ1n) is 9.25. The smallest absolute Gasteiger partial charge is 0.344 e. The maximum absolute atomic E-state index is 12.7. The summed E-state index contributed by atoms with van der Waals surface area (Å²) >= 11 is 0. The number of carbonyl (C=O) groups is 4. The van der Waals surface area contributed by atoms with Crippen molar-refractivity contribution >= 4 is 23.8 Å². The van der Waals surface area contributed by atoms with Crippen LogP contribution in [0.3, 0.4) is 0 Å². The van der Waals surface area contributed by atoms with Crippen molar-refractivity contribution in [1.82, 2.24) is 15.8 Å². The van der Waals surface area contributed by atoms with Crippen molar-refractivity contribution in [3.63, 3.8) is 0 Å². The van der Waals surface area contributed by atoms with Crippen molar-refractivity contribution in [2.45, 2.75) is 25.3 Å². The molecule has 2 aromatic rings. The van der Waals surface area contributed by atoms with Gasteiger partial charge >= 0.3 is 12.0 Å². The van der Waals surface area contributed by atoms with Gasteiger partial charge in [0.05, 0.1) is 5.56 Å². The number of imide groups is 1. The minimum atomic E-state index is -1.17. The largest absolute Gasteiger partial charge is 0.508 e. The molecule has 3 rings (SSSR count). The van der Waals surface area contributed by atoms with Crippen LogP contribution < -0.4 is 10.7 Å². The molecule has 0 aromatic heterocycles. The average molecular weight is 411 g/mol. The number of amides is 4. The van der Waals surface area contributed by atoms with Crippen LogP contribution in [0.25, 0.3) is 0 Å². The quantitative estimate of drug-likeness (QED) is 0.469. The highest BCUT2D eigenvalue weighted by Gasteiger charge is 2.48. The fraction of sp³-hybridized carbons (Fsp3) is 0.238. The molecule has 0 unspecified atom stereocenters. The van der Waals surface area contributed by atoms with E-state index in [0.29, 0.717) is 17.9 Å². The molecule has 156 valence electrons. The van der Waals surface area contributed by atoms with E-state index in [2.05, 4.69) is 10.7 Å². The summed E-state index contributed by atoms with van der Waals surface area (Å²) in [5.41, 5.74) is 2.07. The lowest BCUT2D eigenvalue weighted by Crippen LogP contribution is -2.50. The van der Waals surface area contributed by atoms with E-state index in [0.717, 1.165) is 5.56 Å². The zero-order valence-electron chi connectivity index (χ0n) is 16.3. The first-order chi connectivity index (χ1) is 14.3. The molecule has 0 saturated carbocycles. The minimum Gasteiger partial charge on any atom is -0.508 e. The van der Waals surface area contributed by atoms with Crippen LogP contribution in [-0.2, 0) is 20.7 Å². The Bertz CT molecular complexity index is 978. The van der Waals surface area contributed by atoms with Crippen LogP contribution in [0.5, 0.6) is 5.75 Å². The van der Waals surface area contributed by atoms with Crippen LogP contribution in [-0.4, -0.2) is 46.1 Å². The Morgan fingerprint density at radius 2 is 1.87 bits per heavy atom. The number of nitrogens with zero attached hydrogens (tertiary/aromatic N) is 1. The van der Waals surface area contributed by atoms with Crippen LogP contribution in [0.4, 0.5) is 4.79 Å². The van der Waals surface area contributed by atoms with Gasteiger partial charge < -0.3 is 15.2 Å². The number of carbonyl (C=O) groups excluding carboxylic acids is 4. The second-order valence-corrected chi connectivity index (χ2v) is 7.05. The highest BCUT2D eigenvalue weighted by atomic mass is 16.5. The van der Waals surface area contributed by atoms with Crippen LogP contribution in [0.15, 0.2) is 54.6 Å². The molecule has 4 amide bonds. The lowest BCUT2D eigenvalue weighted by atomic mass is 9.93. The molecule has 9 heteroatoms. The lowest BCUT2D eigenvalue weighted by molar-refractivity contribution is -0.140. The van der Waals surface area contributed by atoms with Crippen molar-refractivity contribution in [3.05, 3.63) is 65.7 Å². The number of phenols is 1. The number of aromatic hydroxyl groups is 1. The number of benzene rings is 2. The molecule has 2 aromatic carbocycles. The van der Waals surface area contributed by atoms with E-state index in [1.807, 2.05) is 30.3 Å². The maximum Gasteiger partial charge on any atom is 0.344 e. The van der Waals surface area contributed by atoms with Crippen molar-refractivity contribution in [2.24, 2.45) is 0 Å². The molecule has 1 fully saturated rings. The van der Waals surface area contributed by atoms with Crippen molar-refractivity contribution in [1.29, 1.82) is 0 Å². The lowest BCUT2D eigenvalue weighted by Gasteiger charge is -2.21. The molecule has 0 radical (unpaired) electrons. The number of nitrogens with one attached hydrogen (secondary N) is 2. The third-order valence-corrected chi connectivity index (χ3v) is 4.67. The van der Waals surface area contributed by atoms with Gasteiger partial charge in [0.25, 0.3) is 11.8 Å². The second kappa shape index (κ2) is 8.64. The van der Waals surface area contributed by atoms with Crippen molar-refractivity contribution < 1.29 is 29.0 Å². The van der Waals surface area contributed by atoms with Gasteiger partial charge in [-0.05, 0) is 43.5 Å². The summed E-state index contributed by atoms with van der Waals surface area (Å²) in [5.74, 6) is -2.40. The number of phenolic OH excluding ortho intramolecular Hbond substituents is 1. The molecular formula is C21H21N3O6. The van der Waals surface area contributed by atoms with E-state index in [1.165, 1.54) is 24.3 Å². The Morgan fingerprint density at radius 1 is 1.13 bits per heavy atom. The SMILES string of the molecule is C[C@]1(CCc2ccccc2)NC(=O)N(NC(=O)COC(=O)c2cccc(O)c2)C1=O. The van der Waals surface area contributed by atoms with Crippen molar-refractivity contribution in [2.75, 3.05) is 6.61 Å². The Balaban J connectivity index is 1.54. The third kappa shape index (κ3) is 4.75. The molecular weight excluding hydrogens is 390 g/mol. The topological polar surface area (TPSA) is 125 Å². The van der Waals surface area contributed by atoms with E-state index in [4.69, 9.17) is 4.74 Å². The summed E-state index contributed by atoms with van der Waals surface area (Å²) in [4.78, 5) is 48.9. The molecule has 1 atom stereocenters. The van der Waals surface area contributed by atoms with Crippen LogP contribution in [0, 0.1) is 0 Å². The molecule has 9 nitrogen and oxygen atoms in total. The van der Waals surface area contributed by atoms with Crippen LogP contribution in [0.1, 0.15) is 29.3 Å². The number of urea groups is 1. The van der Waals surface area contributed by atoms with Gasteiger partial charge in [0.1, 0.15) is 11.3 Å². The number of ether oxygens (including phenoxy) is 1. The molecule has 3 N–H and O–H groups in total. The fourth-order valence-corrected chi connectivity index (χ4v) is 3.00. The number of rotatable bonds is 7. The predicted molar refractivity (Wildman–Crippen MR) is 105 cm³/mol. The monoisotopic (exact) mass is 411 g/mol. The molecule has 1 aliphatic rings. The summed E-state index contributed by atoms with van der Waals surface area (Å²) in [6, 6.07) is 14.2. The minimum absolute atomic E-state index is 0.0614. The van der Waals surface area contributed by atoms with E-state index in [-0.39, 0.29) is 11.3 Å². The Morgan fingerprint density at radius 3 is 2.57 bits per heavy atom. The Kier molecular flexibility index (Phi) is 6.01. The summed E-state index contributed by atoms with van der Waals surface area (Å²) in [6.45, 7) is 0.885. The van der Waals surface area contributed by atoms with Gasteiger partial charge in [-0.1, -0.05) is 36.4 Å². The average Bonchev–Trinajstić information content (AvgIpc) is 2.94. The molecule has 1 aliphatic heterocycles. The highest BCUT2D eigenvalue weighted by Crippen LogP contribution is 2.22. The van der Waals surface area contributed by atoms with Crippen LogP contribution in [0.2, 0.25) is 0 Å². The standard InChI is InChI=1S/C21H21N3O6/c1-21(11-10-14-6-3-2-4-7-14)19(28)24(20(29)22-21)23-17(26)13-30-18(27)15-8-5-9-16(25)12-15/h2-9,12,25H,10-11,13H2,1H3,(H,22,29)(H,23,26)/t21-/m1/s1. The van der Waals surface area contributed by atoms with E-state index < -0.39 is 36.0 Å². The van der Waals surface area contributed by atoms with Gasteiger partial charge in [0, 0.05) is 0 Å². The fourth-order valence-electron chi connectivity index (χ4n) is 3.00. The summed E-state index contributed by atoms with van der Waals surface area (Å²) in [6.07, 6.45) is 0.910. The van der Waals surface area contributed by atoms with E-state index >= 15 is 0 Å². The molecule has 30 heavy (non-hydrogen) atoms. The molecule has 1 heterocycles. The maximum atomic E-state index is 12.7. The van der Waals surface area contributed by atoms with E-state index in [9.17, 15) is 24.3 Å². The molecule has 0 spiro atoms. The van der Waals surface area contributed by atoms with Crippen molar-refractivity contribution in [3.8, 4) is 5.75 Å². The number of aryl methyl sites for hydroxylation is 1. The zero-order chi connectivity index (χ0) is 21.7. The summed E-state index contributed by atoms with van der Waals surface area (Å²) < 4.78 is 4.85. The van der Waals surface area contributed by atoms with E-state index in [1.54, 1.807) is 6.92 Å². The highest BCUT2D eigenvalue weighted by molar-refractivity contribution is 6.07. The number of esters is 1. The second-order valence-electron chi connectivity index (χ2n) is 7.05. The Hall–Kier alpha value is -3.88. The van der Waals surface area contributed by atoms with Gasteiger partial charge in [-0.2, -0.15) is 5.01 Å². The summed E-state index contributed by atoms with van der Waals surface area (Å²) in [7, 11) is 0. The van der Waals surface area contributed by atoms with Gasteiger partial charge in [-0.25, -0.2) is 9.59 Å². The van der Waals surface area contributed by atoms with Gasteiger partial charge in [0.2, 0.25) is 0 Å². The first kappa shape index (κ1) is 20.8. The summed E-state index contributed by atoms with van der Waals surface area (Å²) in [5, 5.41) is 12.6. The molecule has 0 aliphatic carbocycles. The Labute approximate surface area is 172 Å². The number of hydrazine groups is 1. The number of hydrogen-bond acceptors (Lipinski definition) is 6. The van der Waals surface area contributed by atoms with Gasteiger partial charge in [-0.15, -0.1) is 0 Å². The van der Waals surface area contributed by atoms with Crippen LogP contribution >= 0.6 is 0 Å².